The molecule has 2 aliphatic rings. The third-order valence-electron chi connectivity index (χ3n) is 4.11. The number of amides is 2. The normalized spacial score (nSPS) is 22.4. The first-order valence-electron chi connectivity index (χ1n) is 7.40. The number of halogens is 1. The minimum absolute atomic E-state index is 0. The van der Waals surface area contributed by atoms with Crippen LogP contribution in [0.15, 0.2) is 0 Å². The van der Waals surface area contributed by atoms with Crippen LogP contribution in [-0.4, -0.2) is 53.3 Å². The molecule has 0 aliphatic carbocycles. The molecular formula is C14H26ClN3O2. The zero-order chi connectivity index (χ0) is 13.8. The van der Waals surface area contributed by atoms with E-state index in [0.29, 0.717) is 24.8 Å². The highest BCUT2D eigenvalue weighted by Crippen LogP contribution is 2.22. The molecule has 0 aromatic carbocycles. The van der Waals surface area contributed by atoms with Gasteiger partial charge in [0.25, 0.3) is 0 Å². The van der Waals surface area contributed by atoms with Crippen LogP contribution in [0.25, 0.3) is 0 Å². The van der Waals surface area contributed by atoms with Crippen molar-refractivity contribution in [3.63, 3.8) is 0 Å². The maximum atomic E-state index is 11.9. The van der Waals surface area contributed by atoms with E-state index in [1.54, 1.807) is 0 Å². The van der Waals surface area contributed by atoms with Gasteiger partial charge in [-0.3, -0.25) is 9.59 Å². The molecule has 2 heterocycles. The number of carbonyl (C=O) groups excluding carboxylic acids is 2. The molecule has 0 spiro atoms. The summed E-state index contributed by atoms with van der Waals surface area (Å²) in [5, 5.41) is 0. The number of carbonyl (C=O) groups is 2. The molecule has 1 atom stereocenters. The molecule has 2 saturated heterocycles. The Balaban J connectivity index is 0.00000200. The molecule has 116 valence electrons. The zero-order valence-corrected chi connectivity index (χ0v) is 13.0. The summed E-state index contributed by atoms with van der Waals surface area (Å²) in [4.78, 5) is 27.7. The summed E-state index contributed by atoms with van der Waals surface area (Å²) in [6.45, 7) is 4.29. The van der Waals surface area contributed by atoms with Crippen molar-refractivity contribution in [3.05, 3.63) is 0 Å². The number of hydrogen-bond donors (Lipinski definition) is 1. The van der Waals surface area contributed by atoms with Gasteiger partial charge in [-0.2, -0.15) is 0 Å². The Morgan fingerprint density at radius 3 is 2.50 bits per heavy atom. The Hall–Kier alpha value is -0.810. The number of likely N-dealkylation sites (tertiary alicyclic amines) is 2. The number of hydrogen-bond acceptors (Lipinski definition) is 3. The lowest BCUT2D eigenvalue weighted by Gasteiger charge is -2.40. The predicted octanol–water partition coefficient (Wildman–Crippen LogP) is 1.15. The van der Waals surface area contributed by atoms with Gasteiger partial charge in [0.05, 0.1) is 0 Å². The van der Waals surface area contributed by atoms with Crippen LogP contribution in [0.2, 0.25) is 0 Å². The fraction of sp³-hybridized carbons (Fsp3) is 0.857. The van der Waals surface area contributed by atoms with Crippen LogP contribution in [0.5, 0.6) is 0 Å². The van der Waals surface area contributed by atoms with Crippen LogP contribution < -0.4 is 5.73 Å². The maximum absolute atomic E-state index is 11.9. The molecule has 1 unspecified atom stereocenters. The van der Waals surface area contributed by atoms with Crippen LogP contribution in [0, 0.1) is 0 Å². The van der Waals surface area contributed by atoms with Crippen molar-refractivity contribution in [1.82, 2.24) is 9.80 Å². The first-order chi connectivity index (χ1) is 9.08. The van der Waals surface area contributed by atoms with Crippen molar-refractivity contribution in [2.45, 2.75) is 57.5 Å². The molecule has 2 N–H and O–H groups in total. The Labute approximate surface area is 127 Å². The van der Waals surface area contributed by atoms with E-state index in [4.69, 9.17) is 5.73 Å². The molecule has 2 aliphatic heterocycles. The minimum Gasteiger partial charge on any atom is -0.342 e. The first kappa shape index (κ1) is 17.2. The summed E-state index contributed by atoms with van der Waals surface area (Å²) in [5.41, 5.74) is 5.66. The first-order valence-corrected chi connectivity index (χ1v) is 7.40. The van der Waals surface area contributed by atoms with E-state index in [1.807, 2.05) is 16.7 Å². The molecule has 0 aromatic rings. The molecule has 0 aromatic heterocycles. The summed E-state index contributed by atoms with van der Waals surface area (Å²) in [7, 11) is 0. The fourth-order valence-corrected chi connectivity index (χ4v) is 3.04. The molecule has 2 fully saturated rings. The molecular weight excluding hydrogens is 278 g/mol. The summed E-state index contributed by atoms with van der Waals surface area (Å²) in [5.74, 6) is 0.449. The standard InChI is InChI=1S/C14H25N3O2.ClH/c1-11(15)10-14(19)16-8-5-12(6-9-16)17-7-3-2-4-13(17)18;/h11-12H,2-10,15H2,1H3;1H. The lowest BCUT2D eigenvalue weighted by Crippen LogP contribution is -2.50. The summed E-state index contributed by atoms with van der Waals surface area (Å²) in [6, 6.07) is 0.265. The van der Waals surface area contributed by atoms with Crippen LogP contribution in [-0.2, 0) is 9.59 Å². The van der Waals surface area contributed by atoms with E-state index >= 15 is 0 Å². The summed E-state index contributed by atoms with van der Waals surface area (Å²) < 4.78 is 0. The minimum atomic E-state index is -0.0751. The van der Waals surface area contributed by atoms with Gasteiger partial charge in [0.1, 0.15) is 0 Å². The number of piperidine rings is 2. The van der Waals surface area contributed by atoms with E-state index in [2.05, 4.69) is 0 Å². The van der Waals surface area contributed by atoms with Crippen molar-refractivity contribution in [3.8, 4) is 0 Å². The quantitative estimate of drug-likeness (QED) is 0.850. The van der Waals surface area contributed by atoms with Crippen LogP contribution in [0.1, 0.15) is 45.4 Å². The average molecular weight is 304 g/mol. The van der Waals surface area contributed by atoms with E-state index in [0.717, 1.165) is 45.3 Å². The van der Waals surface area contributed by atoms with Crippen molar-refractivity contribution in [2.24, 2.45) is 5.73 Å². The molecule has 0 bridgehead atoms. The van der Waals surface area contributed by atoms with Crippen LogP contribution in [0.4, 0.5) is 0 Å². The number of nitrogens with zero attached hydrogens (tertiary/aromatic N) is 2. The molecule has 2 amide bonds. The Bertz CT molecular complexity index is 341. The molecule has 0 saturated carbocycles. The molecule has 0 radical (unpaired) electrons. The van der Waals surface area contributed by atoms with E-state index in [1.165, 1.54) is 0 Å². The van der Waals surface area contributed by atoms with Gasteiger partial charge in [-0.15, -0.1) is 12.4 Å². The lowest BCUT2D eigenvalue weighted by atomic mass is 9.99. The van der Waals surface area contributed by atoms with Gasteiger partial charge in [0, 0.05) is 44.6 Å². The average Bonchev–Trinajstić information content (AvgIpc) is 2.39. The van der Waals surface area contributed by atoms with Crippen molar-refractivity contribution < 1.29 is 9.59 Å². The largest absolute Gasteiger partial charge is 0.342 e. The lowest BCUT2D eigenvalue weighted by molar-refractivity contribution is -0.138. The van der Waals surface area contributed by atoms with E-state index in [9.17, 15) is 9.59 Å². The van der Waals surface area contributed by atoms with Crippen molar-refractivity contribution in [1.29, 1.82) is 0 Å². The van der Waals surface area contributed by atoms with Gasteiger partial charge >= 0.3 is 0 Å². The van der Waals surface area contributed by atoms with Gasteiger partial charge in [0.15, 0.2) is 0 Å². The SMILES string of the molecule is CC(N)CC(=O)N1CCC(N2CCCCC2=O)CC1.Cl. The second-order valence-corrected chi connectivity index (χ2v) is 5.84. The topological polar surface area (TPSA) is 66.6 Å². The monoisotopic (exact) mass is 303 g/mol. The maximum Gasteiger partial charge on any atom is 0.224 e. The molecule has 20 heavy (non-hydrogen) atoms. The van der Waals surface area contributed by atoms with Gasteiger partial charge in [-0.05, 0) is 32.6 Å². The summed E-state index contributed by atoms with van der Waals surface area (Å²) in [6.07, 6.45) is 5.10. The highest BCUT2D eigenvalue weighted by atomic mass is 35.5. The molecule has 6 heteroatoms. The van der Waals surface area contributed by atoms with Gasteiger partial charge < -0.3 is 15.5 Å². The third kappa shape index (κ3) is 4.35. The number of nitrogens with two attached hydrogens (primary N) is 1. The zero-order valence-electron chi connectivity index (χ0n) is 12.2. The second-order valence-electron chi connectivity index (χ2n) is 5.84. The van der Waals surface area contributed by atoms with Gasteiger partial charge in [-0.1, -0.05) is 0 Å². The summed E-state index contributed by atoms with van der Waals surface area (Å²) >= 11 is 0. The van der Waals surface area contributed by atoms with E-state index < -0.39 is 0 Å². The van der Waals surface area contributed by atoms with E-state index in [-0.39, 0.29) is 24.4 Å². The van der Waals surface area contributed by atoms with Crippen LogP contribution >= 0.6 is 12.4 Å². The molecule has 2 rings (SSSR count). The van der Waals surface area contributed by atoms with Gasteiger partial charge in [0.2, 0.25) is 11.8 Å². The third-order valence-corrected chi connectivity index (χ3v) is 4.11. The highest BCUT2D eigenvalue weighted by Gasteiger charge is 2.30. The van der Waals surface area contributed by atoms with Crippen LogP contribution in [0.3, 0.4) is 0 Å². The fourth-order valence-electron chi connectivity index (χ4n) is 3.04. The second kappa shape index (κ2) is 7.84. The Kier molecular flexibility index (Phi) is 6.76. The predicted molar refractivity (Wildman–Crippen MR) is 80.7 cm³/mol. The van der Waals surface area contributed by atoms with Crippen molar-refractivity contribution in [2.75, 3.05) is 19.6 Å². The smallest absolute Gasteiger partial charge is 0.224 e. The van der Waals surface area contributed by atoms with Gasteiger partial charge in [-0.25, -0.2) is 0 Å². The number of rotatable bonds is 3. The highest BCUT2D eigenvalue weighted by molar-refractivity contribution is 5.85. The Morgan fingerprint density at radius 2 is 1.95 bits per heavy atom. The van der Waals surface area contributed by atoms with Crippen molar-refractivity contribution >= 4 is 24.2 Å². The Morgan fingerprint density at radius 1 is 1.30 bits per heavy atom. The molecule has 5 nitrogen and oxygen atoms in total.